The summed E-state index contributed by atoms with van der Waals surface area (Å²) in [6.07, 6.45) is 5.74. The highest BCUT2D eigenvalue weighted by atomic mass is 16.3. The van der Waals surface area contributed by atoms with Gasteiger partial charge < -0.3 is 15.1 Å². The van der Waals surface area contributed by atoms with E-state index in [9.17, 15) is 9.59 Å². The topological polar surface area (TPSA) is 71.3 Å². The van der Waals surface area contributed by atoms with Crippen molar-refractivity contribution in [2.24, 2.45) is 0 Å². The Bertz CT molecular complexity index is 702. The molecule has 0 saturated heterocycles. The molecule has 1 aliphatic rings. The van der Waals surface area contributed by atoms with Gasteiger partial charge in [-0.05, 0) is 48.4 Å². The van der Waals surface area contributed by atoms with Crippen LogP contribution in [0.15, 0.2) is 47.1 Å². The van der Waals surface area contributed by atoms with Crippen LogP contribution in [0.5, 0.6) is 0 Å². The summed E-state index contributed by atoms with van der Waals surface area (Å²) in [6, 6.07) is 8.98. The maximum Gasteiger partial charge on any atom is 0.248 e. The van der Waals surface area contributed by atoms with Crippen molar-refractivity contribution in [1.29, 1.82) is 0 Å². The zero-order valence-corrected chi connectivity index (χ0v) is 11.3. The Labute approximate surface area is 121 Å². The van der Waals surface area contributed by atoms with Crippen LogP contribution in [0.2, 0.25) is 0 Å². The molecule has 106 valence electrons. The summed E-state index contributed by atoms with van der Waals surface area (Å²) in [4.78, 5) is 23.1. The molecule has 5 heteroatoms. The summed E-state index contributed by atoms with van der Waals surface area (Å²) in [7, 11) is 0. The van der Waals surface area contributed by atoms with E-state index in [1.165, 1.54) is 6.08 Å². The Balaban J connectivity index is 1.68. The average molecular weight is 282 g/mol. The van der Waals surface area contributed by atoms with Crippen molar-refractivity contribution in [1.82, 2.24) is 0 Å². The number of amides is 2. The fraction of sp³-hybridized carbons (Fsp3) is 0.125. The van der Waals surface area contributed by atoms with Gasteiger partial charge in [0.15, 0.2) is 0 Å². The number of anilines is 2. The van der Waals surface area contributed by atoms with Crippen LogP contribution in [0.3, 0.4) is 0 Å². The first kappa shape index (κ1) is 13.2. The summed E-state index contributed by atoms with van der Waals surface area (Å²) >= 11 is 0. The van der Waals surface area contributed by atoms with Gasteiger partial charge in [0.2, 0.25) is 11.8 Å². The monoisotopic (exact) mass is 282 g/mol. The Kier molecular flexibility index (Phi) is 3.55. The van der Waals surface area contributed by atoms with Gasteiger partial charge >= 0.3 is 0 Å². The molecule has 21 heavy (non-hydrogen) atoms. The molecule has 3 rings (SSSR count). The summed E-state index contributed by atoms with van der Waals surface area (Å²) in [5.74, 6) is 0.421. The van der Waals surface area contributed by atoms with Crippen LogP contribution in [0, 0.1) is 0 Å². The summed E-state index contributed by atoms with van der Waals surface area (Å²) in [5.41, 5.74) is 2.55. The maximum atomic E-state index is 11.8. The molecule has 0 radical (unpaired) electrons. The van der Waals surface area contributed by atoms with Crippen molar-refractivity contribution in [3.63, 3.8) is 0 Å². The molecule has 2 aromatic rings. The van der Waals surface area contributed by atoms with Crippen LogP contribution in [0.1, 0.15) is 17.7 Å². The molecule has 1 aliphatic heterocycles. The first-order valence-corrected chi connectivity index (χ1v) is 6.66. The average Bonchev–Trinajstić information content (AvgIpc) is 2.99. The van der Waals surface area contributed by atoms with Crippen LogP contribution < -0.4 is 10.6 Å². The molecule has 0 spiro atoms. The Morgan fingerprint density at radius 1 is 1.29 bits per heavy atom. The van der Waals surface area contributed by atoms with Crippen molar-refractivity contribution in [3.05, 3.63) is 54.0 Å². The van der Waals surface area contributed by atoms with E-state index in [4.69, 9.17) is 4.42 Å². The van der Waals surface area contributed by atoms with Crippen molar-refractivity contribution >= 4 is 29.3 Å². The molecule has 0 atom stereocenters. The van der Waals surface area contributed by atoms with E-state index in [0.29, 0.717) is 24.3 Å². The third-order valence-electron chi connectivity index (χ3n) is 3.21. The molecule has 1 aromatic carbocycles. The van der Waals surface area contributed by atoms with Crippen LogP contribution in [-0.4, -0.2) is 11.8 Å². The second kappa shape index (κ2) is 5.66. The van der Waals surface area contributed by atoms with E-state index in [1.807, 2.05) is 6.07 Å². The Morgan fingerprint density at radius 2 is 2.19 bits per heavy atom. The van der Waals surface area contributed by atoms with Gasteiger partial charge in [-0.15, -0.1) is 0 Å². The molecule has 2 heterocycles. The number of fused-ring (bicyclic) bond motifs is 1. The number of benzene rings is 1. The van der Waals surface area contributed by atoms with Crippen molar-refractivity contribution < 1.29 is 14.0 Å². The number of hydrogen-bond donors (Lipinski definition) is 2. The van der Waals surface area contributed by atoms with E-state index < -0.39 is 0 Å². The van der Waals surface area contributed by atoms with Gasteiger partial charge in [0.25, 0.3) is 0 Å². The number of carbonyl (C=O) groups is 2. The predicted molar refractivity (Wildman–Crippen MR) is 79.8 cm³/mol. The maximum absolute atomic E-state index is 11.8. The Morgan fingerprint density at radius 3 is 3.00 bits per heavy atom. The molecule has 0 fully saturated rings. The lowest BCUT2D eigenvalue weighted by Gasteiger charge is -2.17. The molecule has 0 bridgehead atoms. The molecule has 2 amide bonds. The number of rotatable bonds is 3. The quantitative estimate of drug-likeness (QED) is 0.850. The van der Waals surface area contributed by atoms with E-state index in [0.717, 1.165) is 11.3 Å². The largest absolute Gasteiger partial charge is 0.465 e. The zero-order valence-electron chi connectivity index (χ0n) is 11.3. The van der Waals surface area contributed by atoms with Gasteiger partial charge in [0, 0.05) is 23.9 Å². The number of carbonyl (C=O) groups excluding carboxylic acids is 2. The molecule has 0 unspecified atom stereocenters. The van der Waals surface area contributed by atoms with Crippen LogP contribution >= 0.6 is 0 Å². The van der Waals surface area contributed by atoms with Crippen LogP contribution in [-0.2, 0) is 16.0 Å². The fourth-order valence-electron chi connectivity index (χ4n) is 2.19. The smallest absolute Gasteiger partial charge is 0.248 e. The minimum Gasteiger partial charge on any atom is -0.465 e. The highest BCUT2D eigenvalue weighted by Crippen LogP contribution is 2.25. The zero-order chi connectivity index (χ0) is 14.7. The number of hydrogen-bond acceptors (Lipinski definition) is 3. The highest BCUT2D eigenvalue weighted by Gasteiger charge is 2.14. The lowest BCUT2D eigenvalue weighted by atomic mass is 10.0. The molecule has 2 N–H and O–H groups in total. The van der Waals surface area contributed by atoms with E-state index in [2.05, 4.69) is 10.6 Å². The van der Waals surface area contributed by atoms with Crippen molar-refractivity contribution in [2.75, 3.05) is 10.6 Å². The van der Waals surface area contributed by atoms with Gasteiger partial charge in [-0.3, -0.25) is 9.59 Å². The van der Waals surface area contributed by atoms with Gasteiger partial charge in [0.05, 0.1) is 6.26 Å². The van der Waals surface area contributed by atoms with E-state index in [-0.39, 0.29) is 11.8 Å². The normalized spacial score (nSPS) is 13.8. The van der Waals surface area contributed by atoms with Crippen LogP contribution in [0.25, 0.3) is 6.08 Å². The predicted octanol–water partition coefficient (Wildman–Crippen LogP) is 2.82. The Hall–Kier alpha value is -2.82. The molecule has 0 aliphatic carbocycles. The third kappa shape index (κ3) is 3.20. The van der Waals surface area contributed by atoms with Gasteiger partial charge in [0.1, 0.15) is 5.76 Å². The van der Waals surface area contributed by atoms with Crippen LogP contribution in [0.4, 0.5) is 11.4 Å². The number of nitrogens with one attached hydrogen (secondary N) is 2. The molecule has 5 nitrogen and oxygen atoms in total. The first-order valence-electron chi connectivity index (χ1n) is 6.66. The summed E-state index contributed by atoms with van der Waals surface area (Å²) in [5, 5.41) is 5.59. The van der Waals surface area contributed by atoms with Gasteiger partial charge in [-0.25, -0.2) is 0 Å². The second-order valence-electron chi connectivity index (χ2n) is 4.76. The lowest BCUT2D eigenvalue weighted by Crippen LogP contribution is -2.19. The minimum absolute atomic E-state index is 0.0284. The van der Waals surface area contributed by atoms with Gasteiger partial charge in [-0.1, -0.05) is 0 Å². The number of aryl methyl sites for hydroxylation is 1. The standard InChI is InChI=1S/C16H14N2O3/c19-15(8-5-13-2-1-9-21-13)17-12-4-6-14-11(10-12)3-7-16(20)18-14/h1-2,4-6,8-10H,3,7H2,(H,17,19)(H,18,20)/b8-5+. The van der Waals surface area contributed by atoms with Gasteiger partial charge in [-0.2, -0.15) is 0 Å². The highest BCUT2D eigenvalue weighted by molar-refractivity contribution is 6.02. The number of furan rings is 1. The minimum atomic E-state index is -0.230. The summed E-state index contributed by atoms with van der Waals surface area (Å²) < 4.78 is 5.11. The van der Waals surface area contributed by atoms with Crippen molar-refractivity contribution in [2.45, 2.75) is 12.8 Å². The van der Waals surface area contributed by atoms with E-state index in [1.54, 1.807) is 36.6 Å². The third-order valence-corrected chi connectivity index (χ3v) is 3.21. The second-order valence-corrected chi connectivity index (χ2v) is 4.76. The lowest BCUT2D eigenvalue weighted by molar-refractivity contribution is -0.116. The molecule has 0 saturated carbocycles. The molecular weight excluding hydrogens is 268 g/mol. The fourth-order valence-corrected chi connectivity index (χ4v) is 2.19. The van der Waals surface area contributed by atoms with Crippen molar-refractivity contribution in [3.8, 4) is 0 Å². The molecule has 1 aromatic heterocycles. The SMILES string of the molecule is O=C(/C=C/c1ccco1)Nc1ccc2c(c1)CCC(=O)N2. The molecular formula is C16H14N2O3. The van der Waals surface area contributed by atoms with E-state index >= 15 is 0 Å². The first-order chi connectivity index (χ1) is 10.2. The summed E-state index contributed by atoms with van der Waals surface area (Å²) in [6.45, 7) is 0.